The van der Waals surface area contributed by atoms with E-state index in [1.54, 1.807) is 10.9 Å². The van der Waals surface area contributed by atoms with Gasteiger partial charge in [-0.25, -0.2) is 19.7 Å². The van der Waals surface area contributed by atoms with Crippen molar-refractivity contribution in [3.8, 4) is 5.95 Å². The summed E-state index contributed by atoms with van der Waals surface area (Å²) in [5, 5.41) is 4.31. The summed E-state index contributed by atoms with van der Waals surface area (Å²) in [6.45, 7) is 3.72. The summed E-state index contributed by atoms with van der Waals surface area (Å²) in [6, 6.07) is 2.33. The molecule has 0 aliphatic rings. The second-order valence-electron chi connectivity index (χ2n) is 5.83. The van der Waals surface area contributed by atoms with E-state index >= 15 is 0 Å². The molecule has 0 fully saturated rings. The monoisotopic (exact) mass is 410 g/mol. The highest BCUT2D eigenvalue weighted by molar-refractivity contribution is 6.31. The first-order valence-electron chi connectivity index (χ1n) is 7.93. The molecule has 2 aromatic heterocycles. The SMILES string of the molecule is Cc1ncn(-c2ncc(NC(=O)Nc3ccc(Cl)c(C(F)(F)F)c3)cn2)c1C. The predicted molar refractivity (Wildman–Crippen MR) is 97.7 cm³/mol. The standard InChI is InChI=1S/C17H14ClF3N6O/c1-9-10(2)27(8-24-9)15-22-6-12(7-23-15)26-16(28)25-11-3-4-14(18)13(5-11)17(19,20)21/h3-8H,1-2H3,(H2,25,26,28). The van der Waals surface area contributed by atoms with Crippen molar-refractivity contribution in [3.05, 3.63) is 58.9 Å². The zero-order valence-corrected chi connectivity index (χ0v) is 15.4. The molecule has 0 atom stereocenters. The third kappa shape index (κ3) is 4.22. The zero-order valence-electron chi connectivity index (χ0n) is 14.7. The Morgan fingerprint density at radius 1 is 1.07 bits per heavy atom. The average Bonchev–Trinajstić information content (AvgIpc) is 2.95. The largest absolute Gasteiger partial charge is 0.417 e. The van der Waals surface area contributed by atoms with Crippen molar-refractivity contribution >= 4 is 29.0 Å². The molecule has 0 spiro atoms. The molecule has 146 valence electrons. The highest BCUT2D eigenvalue weighted by atomic mass is 35.5. The zero-order chi connectivity index (χ0) is 20.5. The van der Waals surface area contributed by atoms with Crippen LogP contribution in [0.3, 0.4) is 0 Å². The smallest absolute Gasteiger partial charge is 0.308 e. The molecule has 0 radical (unpaired) electrons. The molecule has 28 heavy (non-hydrogen) atoms. The van der Waals surface area contributed by atoms with Crippen molar-refractivity contribution in [1.82, 2.24) is 19.5 Å². The van der Waals surface area contributed by atoms with Gasteiger partial charge in [-0.1, -0.05) is 11.6 Å². The number of aryl methyl sites for hydroxylation is 1. The number of amides is 2. The number of hydrogen-bond acceptors (Lipinski definition) is 4. The molecule has 2 heterocycles. The van der Waals surface area contributed by atoms with Crippen molar-refractivity contribution < 1.29 is 18.0 Å². The molecule has 0 unspecified atom stereocenters. The number of nitrogens with zero attached hydrogens (tertiary/aromatic N) is 4. The van der Waals surface area contributed by atoms with Gasteiger partial charge in [0.1, 0.15) is 6.33 Å². The number of nitrogens with one attached hydrogen (secondary N) is 2. The van der Waals surface area contributed by atoms with E-state index < -0.39 is 22.8 Å². The average molecular weight is 411 g/mol. The van der Waals surface area contributed by atoms with Crippen LogP contribution in [0, 0.1) is 13.8 Å². The molecule has 7 nitrogen and oxygen atoms in total. The third-order valence-corrected chi connectivity index (χ3v) is 4.22. The first kappa shape index (κ1) is 19.6. The molecular formula is C17H14ClF3N6O. The maximum atomic E-state index is 12.9. The van der Waals surface area contributed by atoms with Crippen LogP contribution < -0.4 is 10.6 Å². The van der Waals surface area contributed by atoms with Crippen molar-refractivity contribution in [1.29, 1.82) is 0 Å². The van der Waals surface area contributed by atoms with Crippen LogP contribution in [0.4, 0.5) is 29.3 Å². The lowest BCUT2D eigenvalue weighted by Crippen LogP contribution is -2.20. The minimum Gasteiger partial charge on any atom is -0.308 e. The number of urea groups is 1. The lowest BCUT2D eigenvalue weighted by atomic mass is 10.2. The number of rotatable bonds is 3. The Labute approximate surface area is 162 Å². The van der Waals surface area contributed by atoms with Gasteiger partial charge in [0, 0.05) is 11.4 Å². The molecule has 1 aromatic carbocycles. The second kappa shape index (κ2) is 7.47. The lowest BCUT2D eigenvalue weighted by Gasteiger charge is -2.12. The molecule has 3 aromatic rings. The first-order chi connectivity index (χ1) is 13.1. The van der Waals surface area contributed by atoms with Gasteiger partial charge in [-0.2, -0.15) is 13.2 Å². The van der Waals surface area contributed by atoms with Crippen LogP contribution in [0.2, 0.25) is 5.02 Å². The van der Waals surface area contributed by atoms with Crippen molar-refractivity contribution in [3.63, 3.8) is 0 Å². The molecule has 0 saturated carbocycles. The fourth-order valence-corrected chi connectivity index (χ4v) is 2.55. The van der Waals surface area contributed by atoms with E-state index in [0.29, 0.717) is 5.95 Å². The Morgan fingerprint density at radius 3 is 2.29 bits per heavy atom. The Hall–Kier alpha value is -3.14. The van der Waals surface area contributed by atoms with Crippen molar-refractivity contribution in [2.45, 2.75) is 20.0 Å². The summed E-state index contributed by atoms with van der Waals surface area (Å²) in [6.07, 6.45) is -0.295. The summed E-state index contributed by atoms with van der Waals surface area (Å²) < 4.78 is 40.3. The number of hydrogen-bond donors (Lipinski definition) is 2. The van der Waals surface area contributed by atoms with E-state index in [1.807, 2.05) is 13.8 Å². The Balaban J connectivity index is 1.69. The minimum atomic E-state index is -4.63. The summed E-state index contributed by atoms with van der Waals surface area (Å²) in [7, 11) is 0. The summed E-state index contributed by atoms with van der Waals surface area (Å²) in [4.78, 5) is 24.5. The van der Waals surface area contributed by atoms with Crippen LogP contribution in [-0.2, 0) is 6.18 Å². The van der Waals surface area contributed by atoms with Crippen molar-refractivity contribution in [2.24, 2.45) is 0 Å². The number of halogens is 4. The van der Waals surface area contributed by atoms with Gasteiger partial charge in [0.25, 0.3) is 0 Å². The number of anilines is 2. The number of carbonyl (C=O) groups is 1. The fourth-order valence-electron chi connectivity index (χ4n) is 2.32. The van der Waals surface area contributed by atoms with Gasteiger partial charge in [0.2, 0.25) is 5.95 Å². The van der Waals surface area contributed by atoms with Crippen molar-refractivity contribution in [2.75, 3.05) is 10.6 Å². The van der Waals surface area contributed by atoms with E-state index in [9.17, 15) is 18.0 Å². The van der Waals surface area contributed by atoms with Gasteiger partial charge < -0.3 is 10.6 Å². The molecule has 2 amide bonds. The fraction of sp³-hybridized carbons (Fsp3) is 0.176. The molecule has 11 heteroatoms. The third-order valence-electron chi connectivity index (χ3n) is 3.89. The van der Waals surface area contributed by atoms with Crippen LogP contribution in [0.1, 0.15) is 17.0 Å². The van der Waals surface area contributed by atoms with E-state index in [4.69, 9.17) is 11.6 Å². The van der Waals surface area contributed by atoms with Gasteiger partial charge in [0.15, 0.2) is 0 Å². The highest BCUT2D eigenvalue weighted by Gasteiger charge is 2.33. The Bertz CT molecular complexity index is 1020. The van der Waals surface area contributed by atoms with Crippen LogP contribution >= 0.6 is 11.6 Å². The maximum absolute atomic E-state index is 12.9. The van der Waals surface area contributed by atoms with E-state index in [0.717, 1.165) is 23.5 Å². The number of benzene rings is 1. The normalized spacial score (nSPS) is 11.4. The molecule has 2 N–H and O–H groups in total. The van der Waals surface area contributed by atoms with Gasteiger partial charge >= 0.3 is 12.2 Å². The summed E-state index contributed by atoms with van der Waals surface area (Å²) in [5.74, 6) is 0.372. The molecule has 0 aliphatic carbocycles. The van der Waals surface area contributed by atoms with Crippen LogP contribution in [0.25, 0.3) is 5.95 Å². The number of carbonyl (C=O) groups excluding carboxylic acids is 1. The molecule has 0 aliphatic heterocycles. The molecule has 0 saturated heterocycles. The quantitative estimate of drug-likeness (QED) is 0.661. The number of alkyl halides is 3. The van der Waals surface area contributed by atoms with E-state index in [2.05, 4.69) is 25.6 Å². The first-order valence-corrected chi connectivity index (χ1v) is 8.30. The summed E-state index contributed by atoms with van der Waals surface area (Å²) >= 11 is 5.55. The Kier molecular flexibility index (Phi) is 5.23. The van der Waals surface area contributed by atoms with Crippen LogP contribution in [0.5, 0.6) is 0 Å². The van der Waals surface area contributed by atoms with Crippen LogP contribution in [-0.4, -0.2) is 25.6 Å². The van der Waals surface area contributed by atoms with Crippen LogP contribution in [0.15, 0.2) is 36.9 Å². The topological polar surface area (TPSA) is 84.7 Å². The summed E-state index contributed by atoms with van der Waals surface area (Å²) in [5.41, 5.74) is 0.885. The molecule has 0 bridgehead atoms. The van der Waals surface area contributed by atoms with Gasteiger partial charge in [-0.3, -0.25) is 4.57 Å². The van der Waals surface area contributed by atoms with E-state index in [-0.39, 0.29) is 11.4 Å². The second-order valence-corrected chi connectivity index (χ2v) is 6.24. The van der Waals surface area contributed by atoms with Gasteiger partial charge in [-0.15, -0.1) is 0 Å². The minimum absolute atomic E-state index is 0.0590. The van der Waals surface area contributed by atoms with Gasteiger partial charge in [0.05, 0.1) is 34.4 Å². The van der Waals surface area contributed by atoms with E-state index in [1.165, 1.54) is 18.5 Å². The van der Waals surface area contributed by atoms with Gasteiger partial charge in [-0.05, 0) is 32.0 Å². The predicted octanol–water partition coefficient (Wildman–Crippen LogP) is 4.60. The molecule has 3 rings (SSSR count). The number of imidazole rings is 1. The maximum Gasteiger partial charge on any atom is 0.417 e. The lowest BCUT2D eigenvalue weighted by molar-refractivity contribution is -0.137. The Morgan fingerprint density at radius 2 is 1.71 bits per heavy atom. The highest BCUT2D eigenvalue weighted by Crippen LogP contribution is 2.36. The molecular weight excluding hydrogens is 397 g/mol. The number of aromatic nitrogens is 4.